The third-order valence-corrected chi connectivity index (χ3v) is 2.87. The summed E-state index contributed by atoms with van der Waals surface area (Å²) in [6, 6.07) is 4.16. The van der Waals surface area contributed by atoms with Gasteiger partial charge >= 0.3 is 0 Å². The SMILES string of the molecule is CC(CNCc1ccc[nH]1)C1CC1. The van der Waals surface area contributed by atoms with Crippen molar-refractivity contribution in [3.8, 4) is 0 Å². The molecule has 2 nitrogen and oxygen atoms in total. The molecule has 0 radical (unpaired) electrons. The number of hydrogen-bond donors (Lipinski definition) is 2. The number of nitrogens with one attached hydrogen (secondary N) is 2. The first-order valence-corrected chi connectivity index (χ1v) is 5.19. The van der Waals surface area contributed by atoms with Crippen LogP contribution >= 0.6 is 0 Å². The lowest BCUT2D eigenvalue weighted by molar-refractivity contribution is 0.460. The number of H-pyrrole nitrogens is 1. The zero-order valence-corrected chi connectivity index (χ0v) is 8.22. The summed E-state index contributed by atoms with van der Waals surface area (Å²) in [5.41, 5.74) is 1.28. The van der Waals surface area contributed by atoms with Crippen LogP contribution in [-0.2, 0) is 6.54 Å². The highest BCUT2D eigenvalue weighted by molar-refractivity contribution is 5.02. The molecular formula is C11H18N2. The minimum Gasteiger partial charge on any atom is -0.364 e. The van der Waals surface area contributed by atoms with Crippen LogP contribution in [-0.4, -0.2) is 11.5 Å². The second kappa shape index (κ2) is 3.97. The highest BCUT2D eigenvalue weighted by atomic mass is 14.9. The molecule has 1 aliphatic rings. The van der Waals surface area contributed by atoms with Gasteiger partial charge in [-0.2, -0.15) is 0 Å². The van der Waals surface area contributed by atoms with E-state index in [9.17, 15) is 0 Å². The Morgan fingerprint density at radius 1 is 1.62 bits per heavy atom. The topological polar surface area (TPSA) is 27.8 Å². The van der Waals surface area contributed by atoms with E-state index in [0.717, 1.165) is 24.9 Å². The van der Waals surface area contributed by atoms with E-state index in [1.807, 2.05) is 12.3 Å². The molecule has 0 spiro atoms. The summed E-state index contributed by atoms with van der Waals surface area (Å²) in [6.07, 6.45) is 4.87. The Bertz CT molecular complexity index is 237. The van der Waals surface area contributed by atoms with E-state index in [2.05, 4.69) is 23.3 Å². The molecule has 0 saturated heterocycles. The zero-order chi connectivity index (χ0) is 9.10. The summed E-state index contributed by atoms with van der Waals surface area (Å²) < 4.78 is 0. The van der Waals surface area contributed by atoms with Crippen LogP contribution in [0.5, 0.6) is 0 Å². The summed E-state index contributed by atoms with van der Waals surface area (Å²) in [5, 5.41) is 3.48. The molecule has 2 N–H and O–H groups in total. The molecule has 1 unspecified atom stereocenters. The molecule has 13 heavy (non-hydrogen) atoms. The van der Waals surface area contributed by atoms with Gasteiger partial charge in [-0.3, -0.25) is 0 Å². The van der Waals surface area contributed by atoms with Gasteiger partial charge < -0.3 is 10.3 Å². The maximum atomic E-state index is 3.48. The smallest absolute Gasteiger partial charge is 0.0357 e. The highest BCUT2D eigenvalue weighted by Gasteiger charge is 2.27. The Morgan fingerprint density at radius 2 is 2.46 bits per heavy atom. The lowest BCUT2D eigenvalue weighted by Gasteiger charge is -2.10. The quantitative estimate of drug-likeness (QED) is 0.710. The maximum Gasteiger partial charge on any atom is 0.0357 e. The van der Waals surface area contributed by atoms with Crippen molar-refractivity contribution in [1.82, 2.24) is 10.3 Å². The van der Waals surface area contributed by atoms with Crippen molar-refractivity contribution in [3.05, 3.63) is 24.0 Å². The summed E-state index contributed by atoms with van der Waals surface area (Å²) in [5.74, 6) is 1.87. The molecule has 1 aromatic rings. The van der Waals surface area contributed by atoms with Crippen molar-refractivity contribution in [3.63, 3.8) is 0 Å². The first-order chi connectivity index (χ1) is 6.36. The lowest BCUT2D eigenvalue weighted by Crippen LogP contribution is -2.21. The van der Waals surface area contributed by atoms with Gasteiger partial charge in [0.05, 0.1) is 0 Å². The average molecular weight is 178 g/mol. The minimum absolute atomic E-state index is 0.856. The number of aromatic amines is 1. The molecule has 2 heteroatoms. The van der Waals surface area contributed by atoms with Gasteiger partial charge in [-0.15, -0.1) is 0 Å². The van der Waals surface area contributed by atoms with Gasteiger partial charge in [0.25, 0.3) is 0 Å². The molecule has 0 bridgehead atoms. The molecule has 1 atom stereocenters. The number of rotatable bonds is 5. The van der Waals surface area contributed by atoms with E-state index in [4.69, 9.17) is 0 Å². The van der Waals surface area contributed by atoms with Gasteiger partial charge in [-0.1, -0.05) is 6.92 Å². The van der Waals surface area contributed by atoms with E-state index in [-0.39, 0.29) is 0 Å². The largest absolute Gasteiger partial charge is 0.364 e. The fraction of sp³-hybridized carbons (Fsp3) is 0.636. The predicted octanol–water partition coefficient (Wildman–Crippen LogP) is 2.15. The molecule has 0 amide bonds. The molecule has 1 aromatic heterocycles. The molecule has 0 aliphatic heterocycles. The van der Waals surface area contributed by atoms with Crippen molar-refractivity contribution >= 4 is 0 Å². The van der Waals surface area contributed by atoms with Gasteiger partial charge in [-0.05, 0) is 43.4 Å². The second-order valence-corrected chi connectivity index (χ2v) is 4.14. The third kappa shape index (κ3) is 2.59. The van der Waals surface area contributed by atoms with E-state index < -0.39 is 0 Å². The Morgan fingerprint density at radius 3 is 3.08 bits per heavy atom. The van der Waals surface area contributed by atoms with Crippen LogP contribution in [0.3, 0.4) is 0 Å². The molecule has 72 valence electrons. The summed E-state index contributed by atoms with van der Waals surface area (Å²) in [6.45, 7) is 4.48. The summed E-state index contributed by atoms with van der Waals surface area (Å²) in [7, 11) is 0. The molecule has 1 heterocycles. The van der Waals surface area contributed by atoms with Crippen molar-refractivity contribution in [2.75, 3.05) is 6.54 Å². The fourth-order valence-corrected chi connectivity index (χ4v) is 1.74. The van der Waals surface area contributed by atoms with Crippen molar-refractivity contribution in [2.45, 2.75) is 26.3 Å². The molecular weight excluding hydrogens is 160 g/mol. The fourth-order valence-electron chi connectivity index (χ4n) is 1.74. The van der Waals surface area contributed by atoms with Gasteiger partial charge in [-0.25, -0.2) is 0 Å². The van der Waals surface area contributed by atoms with E-state index in [1.54, 1.807) is 0 Å². The van der Waals surface area contributed by atoms with Crippen molar-refractivity contribution < 1.29 is 0 Å². The van der Waals surface area contributed by atoms with Crippen LogP contribution in [0.15, 0.2) is 18.3 Å². The van der Waals surface area contributed by atoms with Crippen LogP contribution < -0.4 is 5.32 Å². The standard InChI is InChI=1S/C11H18N2/c1-9(10-4-5-10)7-12-8-11-3-2-6-13-11/h2-3,6,9-10,12-13H,4-5,7-8H2,1H3. The predicted molar refractivity (Wildman–Crippen MR) is 54.4 cm³/mol. The Kier molecular flexibility index (Phi) is 2.69. The van der Waals surface area contributed by atoms with Crippen LogP contribution in [0, 0.1) is 11.8 Å². The normalized spacial score (nSPS) is 18.8. The molecule has 0 aromatic carbocycles. The second-order valence-electron chi connectivity index (χ2n) is 4.14. The van der Waals surface area contributed by atoms with Gasteiger partial charge in [0.1, 0.15) is 0 Å². The third-order valence-electron chi connectivity index (χ3n) is 2.87. The maximum absolute atomic E-state index is 3.48. The Balaban J connectivity index is 1.63. The molecule has 2 rings (SSSR count). The van der Waals surface area contributed by atoms with Crippen molar-refractivity contribution in [2.24, 2.45) is 11.8 Å². The lowest BCUT2D eigenvalue weighted by atomic mass is 10.1. The summed E-state index contributed by atoms with van der Waals surface area (Å²) in [4.78, 5) is 3.19. The van der Waals surface area contributed by atoms with E-state index in [1.165, 1.54) is 18.5 Å². The minimum atomic E-state index is 0.856. The molecule has 1 fully saturated rings. The highest BCUT2D eigenvalue weighted by Crippen LogP contribution is 2.36. The monoisotopic (exact) mass is 178 g/mol. The molecule has 1 saturated carbocycles. The first kappa shape index (κ1) is 8.82. The van der Waals surface area contributed by atoms with Crippen LogP contribution in [0.2, 0.25) is 0 Å². The average Bonchev–Trinajstić information content (AvgIpc) is 2.86. The zero-order valence-electron chi connectivity index (χ0n) is 8.22. The van der Waals surface area contributed by atoms with Gasteiger partial charge in [0.15, 0.2) is 0 Å². The van der Waals surface area contributed by atoms with E-state index >= 15 is 0 Å². The van der Waals surface area contributed by atoms with E-state index in [0.29, 0.717) is 0 Å². The number of aromatic nitrogens is 1. The Hall–Kier alpha value is -0.760. The van der Waals surface area contributed by atoms with Crippen LogP contribution in [0.1, 0.15) is 25.5 Å². The van der Waals surface area contributed by atoms with Crippen molar-refractivity contribution in [1.29, 1.82) is 0 Å². The van der Waals surface area contributed by atoms with Gasteiger partial charge in [0.2, 0.25) is 0 Å². The van der Waals surface area contributed by atoms with Gasteiger partial charge in [0, 0.05) is 18.4 Å². The summed E-state index contributed by atoms with van der Waals surface area (Å²) >= 11 is 0. The number of hydrogen-bond acceptors (Lipinski definition) is 1. The van der Waals surface area contributed by atoms with Crippen LogP contribution in [0.25, 0.3) is 0 Å². The van der Waals surface area contributed by atoms with Crippen LogP contribution in [0.4, 0.5) is 0 Å². The Labute approximate surface area is 79.7 Å². The first-order valence-electron chi connectivity index (χ1n) is 5.19. The molecule has 1 aliphatic carbocycles.